The Kier molecular flexibility index (Phi) is 5.18. The van der Waals surface area contributed by atoms with E-state index in [0.29, 0.717) is 11.8 Å². The van der Waals surface area contributed by atoms with E-state index in [-0.39, 0.29) is 28.7 Å². The number of aliphatic hydroxyl groups is 1. The molecule has 96 valence electrons. The number of Topliss-reactive ketones (excluding diaryl/α,β-unsaturated/α-hetero) is 1. The molecule has 1 rings (SSSR count). The fourth-order valence-electron chi connectivity index (χ4n) is 1.61. The van der Waals surface area contributed by atoms with E-state index in [1.54, 1.807) is 6.07 Å². The van der Waals surface area contributed by atoms with Crippen molar-refractivity contribution in [1.82, 2.24) is 0 Å². The van der Waals surface area contributed by atoms with Gasteiger partial charge in [-0.1, -0.05) is 34.1 Å². The molecule has 0 bridgehead atoms. The molecular weight excluding hydrogens is 304 g/mol. The van der Waals surface area contributed by atoms with Crippen molar-refractivity contribution in [3.8, 4) is 0 Å². The van der Waals surface area contributed by atoms with E-state index in [2.05, 4.69) is 15.9 Å². The quantitative estimate of drug-likeness (QED) is 0.606. The molecule has 0 heterocycles. The third-order valence-electron chi connectivity index (χ3n) is 2.40. The Morgan fingerprint density at radius 2 is 2.06 bits per heavy atom. The van der Waals surface area contributed by atoms with Crippen LogP contribution in [0.3, 0.4) is 0 Å². The average molecular weight is 315 g/mol. The Bertz CT molecular complexity index is 483. The predicted molar refractivity (Wildman–Crippen MR) is 66.9 cm³/mol. The first-order chi connectivity index (χ1) is 8.51. The van der Waals surface area contributed by atoms with Gasteiger partial charge >= 0.3 is 5.97 Å². The standard InChI is InChI=1S/C12H11BrO5/c13-5-9(15)4-7-2-1-3-8(6-14)10(7)11(16)12(17)18/h1-3,6,11,16H,4-5H2,(H,17,18). The number of rotatable bonds is 6. The molecule has 1 aromatic carbocycles. The summed E-state index contributed by atoms with van der Waals surface area (Å²) in [6.07, 6.45) is -1.39. The number of aldehydes is 1. The Morgan fingerprint density at radius 1 is 1.39 bits per heavy atom. The molecule has 0 fully saturated rings. The lowest BCUT2D eigenvalue weighted by Gasteiger charge is -2.13. The molecule has 2 N–H and O–H groups in total. The largest absolute Gasteiger partial charge is 0.479 e. The van der Waals surface area contributed by atoms with Crippen LogP contribution >= 0.6 is 15.9 Å². The number of carboxylic acid groups (broad SMARTS) is 1. The van der Waals surface area contributed by atoms with Gasteiger partial charge in [-0.05, 0) is 5.56 Å². The third kappa shape index (κ3) is 3.24. The molecule has 5 nitrogen and oxygen atoms in total. The zero-order chi connectivity index (χ0) is 13.7. The summed E-state index contributed by atoms with van der Waals surface area (Å²) in [4.78, 5) is 33.0. The molecule has 0 aliphatic heterocycles. The number of aliphatic carboxylic acids is 1. The van der Waals surface area contributed by atoms with Gasteiger partial charge in [0.15, 0.2) is 6.10 Å². The monoisotopic (exact) mass is 314 g/mol. The highest BCUT2D eigenvalue weighted by Crippen LogP contribution is 2.23. The van der Waals surface area contributed by atoms with Crippen molar-refractivity contribution >= 4 is 34.0 Å². The van der Waals surface area contributed by atoms with Crippen LogP contribution in [0, 0.1) is 0 Å². The fourth-order valence-corrected chi connectivity index (χ4v) is 1.80. The van der Waals surface area contributed by atoms with E-state index >= 15 is 0 Å². The van der Waals surface area contributed by atoms with Gasteiger partial charge in [0.25, 0.3) is 0 Å². The van der Waals surface area contributed by atoms with Crippen LogP contribution in [0.2, 0.25) is 0 Å². The molecular formula is C12H11BrO5. The summed E-state index contributed by atoms with van der Waals surface area (Å²) in [5.74, 6) is -1.63. The summed E-state index contributed by atoms with van der Waals surface area (Å²) in [5, 5.41) is 18.5. The van der Waals surface area contributed by atoms with Gasteiger partial charge in [-0.15, -0.1) is 0 Å². The molecule has 0 saturated heterocycles. The van der Waals surface area contributed by atoms with Crippen LogP contribution in [0.4, 0.5) is 0 Å². The number of carboxylic acids is 1. The van der Waals surface area contributed by atoms with Crippen LogP contribution in [0.15, 0.2) is 18.2 Å². The molecule has 6 heteroatoms. The maximum absolute atomic E-state index is 11.4. The van der Waals surface area contributed by atoms with Crippen LogP contribution in [0.1, 0.15) is 27.6 Å². The minimum atomic E-state index is -1.82. The maximum atomic E-state index is 11.4. The SMILES string of the molecule is O=Cc1cccc(CC(=O)CBr)c1C(O)C(=O)O. The van der Waals surface area contributed by atoms with Gasteiger partial charge in [0, 0.05) is 17.5 Å². The number of carbonyl (C=O) groups excluding carboxylic acids is 2. The summed E-state index contributed by atoms with van der Waals surface area (Å²) in [6, 6.07) is 4.46. The van der Waals surface area contributed by atoms with E-state index in [0.717, 1.165) is 0 Å². The van der Waals surface area contributed by atoms with Gasteiger partial charge in [-0.25, -0.2) is 4.79 Å². The highest BCUT2D eigenvalue weighted by atomic mass is 79.9. The van der Waals surface area contributed by atoms with Crippen molar-refractivity contribution in [3.05, 3.63) is 34.9 Å². The molecule has 1 aromatic rings. The second-order valence-corrected chi connectivity index (χ2v) is 4.19. The zero-order valence-corrected chi connectivity index (χ0v) is 10.9. The number of hydrogen-bond acceptors (Lipinski definition) is 4. The second kappa shape index (κ2) is 6.42. The minimum absolute atomic E-state index is 0.0192. The van der Waals surface area contributed by atoms with E-state index in [4.69, 9.17) is 5.11 Å². The highest BCUT2D eigenvalue weighted by Gasteiger charge is 2.23. The Labute approximate surface area is 112 Å². The number of alkyl halides is 1. The molecule has 1 atom stereocenters. The molecule has 0 amide bonds. The number of ketones is 1. The predicted octanol–water partition coefficient (Wildman–Crippen LogP) is 1.12. The van der Waals surface area contributed by atoms with Gasteiger partial charge in [0.2, 0.25) is 0 Å². The van der Waals surface area contributed by atoms with Gasteiger partial charge in [-0.3, -0.25) is 9.59 Å². The molecule has 0 spiro atoms. The van der Waals surface area contributed by atoms with Crippen molar-refractivity contribution < 1.29 is 24.6 Å². The lowest BCUT2D eigenvalue weighted by Crippen LogP contribution is -2.17. The van der Waals surface area contributed by atoms with Gasteiger partial charge in [0.1, 0.15) is 12.1 Å². The van der Waals surface area contributed by atoms with Crippen molar-refractivity contribution in [2.45, 2.75) is 12.5 Å². The van der Waals surface area contributed by atoms with Gasteiger partial charge in [-0.2, -0.15) is 0 Å². The third-order valence-corrected chi connectivity index (χ3v) is 3.03. The molecule has 1 unspecified atom stereocenters. The number of aliphatic hydroxyl groups excluding tert-OH is 1. The van der Waals surface area contributed by atoms with Crippen LogP contribution in [-0.4, -0.2) is 33.6 Å². The summed E-state index contributed by atoms with van der Waals surface area (Å²) in [5.41, 5.74) is 0.401. The summed E-state index contributed by atoms with van der Waals surface area (Å²) in [6.45, 7) is 0. The smallest absolute Gasteiger partial charge is 0.337 e. The number of hydrogen-bond donors (Lipinski definition) is 2. The molecule has 0 aliphatic carbocycles. The van der Waals surface area contributed by atoms with E-state index in [9.17, 15) is 19.5 Å². The van der Waals surface area contributed by atoms with Gasteiger partial charge < -0.3 is 10.2 Å². The fraction of sp³-hybridized carbons (Fsp3) is 0.250. The first kappa shape index (κ1) is 14.5. The van der Waals surface area contributed by atoms with Crippen molar-refractivity contribution in [1.29, 1.82) is 0 Å². The van der Waals surface area contributed by atoms with Crippen molar-refractivity contribution in [2.75, 3.05) is 5.33 Å². The van der Waals surface area contributed by atoms with Crippen molar-refractivity contribution in [3.63, 3.8) is 0 Å². The van der Waals surface area contributed by atoms with E-state index < -0.39 is 12.1 Å². The lowest BCUT2D eigenvalue weighted by atomic mass is 9.94. The zero-order valence-electron chi connectivity index (χ0n) is 9.30. The summed E-state index contributed by atoms with van der Waals surface area (Å²) < 4.78 is 0. The van der Waals surface area contributed by atoms with Crippen LogP contribution in [0.25, 0.3) is 0 Å². The molecule has 18 heavy (non-hydrogen) atoms. The Balaban J connectivity index is 3.28. The van der Waals surface area contributed by atoms with Crippen LogP contribution in [0.5, 0.6) is 0 Å². The molecule has 0 aliphatic rings. The Hall–Kier alpha value is -1.53. The first-order valence-corrected chi connectivity index (χ1v) is 6.19. The molecule has 0 aromatic heterocycles. The minimum Gasteiger partial charge on any atom is -0.479 e. The van der Waals surface area contributed by atoms with E-state index in [1.807, 2.05) is 0 Å². The second-order valence-electron chi connectivity index (χ2n) is 3.63. The van der Waals surface area contributed by atoms with Gasteiger partial charge in [0.05, 0.1) is 5.33 Å². The van der Waals surface area contributed by atoms with Crippen molar-refractivity contribution in [2.24, 2.45) is 0 Å². The Morgan fingerprint density at radius 3 is 2.56 bits per heavy atom. The first-order valence-electron chi connectivity index (χ1n) is 5.06. The topological polar surface area (TPSA) is 91.7 Å². The molecule has 0 saturated carbocycles. The van der Waals surface area contributed by atoms with Crippen LogP contribution < -0.4 is 0 Å². The average Bonchev–Trinajstić information content (AvgIpc) is 2.37. The number of benzene rings is 1. The highest BCUT2D eigenvalue weighted by molar-refractivity contribution is 9.09. The number of carbonyl (C=O) groups is 3. The lowest BCUT2D eigenvalue weighted by molar-refractivity contribution is -0.147. The summed E-state index contributed by atoms with van der Waals surface area (Å²) in [7, 11) is 0. The van der Waals surface area contributed by atoms with E-state index in [1.165, 1.54) is 12.1 Å². The van der Waals surface area contributed by atoms with Crippen LogP contribution in [-0.2, 0) is 16.0 Å². The molecule has 0 radical (unpaired) electrons. The maximum Gasteiger partial charge on any atom is 0.337 e. The number of halogens is 1. The summed E-state index contributed by atoms with van der Waals surface area (Å²) >= 11 is 3.00. The normalized spacial score (nSPS) is 11.9.